The van der Waals surface area contributed by atoms with Gasteiger partial charge in [0.05, 0.1) is 14.2 Å². The first-order valence-electron chi connectivity index (χ1n) is 2.44. The molecule has 0 amide bonds. The topological polar surface area (TPSA) is 52.6 Å². The largest absolute Gasteiger partial charge is 0.504 e. The third kappa shape index (κ3) is 24.3. The van der Waals surface area contributed by atoms with E-state index in [4.69, 9.17) is 0 Å². The molecule has 0 bridgehead atoms. The Morgan fingerprint density at radius 3 is 1.00 bits per heavy atom. The fraction of sp³-hybridized carbons (Fsp3) is 1.00. The summed E-state index contributed by atoms with van der Waals surface area (Å²) < 4.78 is 28.0. The van der Waals surface area contributed by atoms with E-state index in [0.717, 1.165) is 0 Å². The lowest BCUT2D eigenvalue weighted by Crippen LogP contribution is -1.56. The molecule has 4 nitrogen and oxygen atoms in total. The molecule has 0 N–H and O–H groups in total. The minimum atomic E-state index is -1.35. The summed E-state index contributed by atoms with van der Waals surface area (Å²) in [5.41, 5.74) is 0. The van der Waals surface area contributed by atoms with Gasteiger partial charge in [-0.1, -0.05) is 0 Å². The van der Waals surface area contributed by atoms with Gasteiger partial charge < -0.3 is 0 Å². The van der Waals surface area contributed by atoms with E-state index in [1.165, 1.54) is 27.5 Å². The zero-order valence-electron chi connectivity index (χ0n) is 6.53. The van der Waals surface area contributed by atoms with Crippen LogP contribution in [0.4, 0.5) is 0 Å². The van der Waals surface area contributed by atoms with Gasteiger partial charge in [0.2, 0.25) is 0 Å². The predicted molar refractivity (Wildman–Crippen MR) is 41.1 cm³/mol. The molecule has 0 fully saturated rings. The maximum atomic E-state index is 9.74. The van der Waals surface area contributed by atoms with E-state index in [0.29, 0.717) is 0 Å². The van der Waals surface area contributed by atoms with Crippen molar-refractivity contribution in [2.75, 3.05) is 27.5 Å². The van der Waals surface area contributed by atoms with Crippen LogP contribution in [0.25, 0.3) is 0 Å². The maximum Gasteiger partial charge on any atom is 0.504 e. The molecule has 0 saturated carbocycles. The predicted octanol–water partition coefficient (Wildman–Crippen LogP) is 2.01. The Kier molecular flexibility index (Phi) is 11.6. The lowest BCUT2D eigenvalue weighted by atomic mass is 11.8. The Labute approximate surface area is 62.6 Å². The first-order valence-corrected chi connectivity index (χ1v) is 5.69. The van der Waals surface area contributed by atoms with Crippen LogP contribution in [0.2, 0.25) is 0 Å². The van der Waals surface area contributed by atoms with E-state index in [1.807, 2.05) is 0 Å². The zero-order chi connectivity index (χ0) is 8.57. The number of hydrogen-bond donors (Lipinski definition) is 0. The van der Waals surface area contributed by atoms with Gasteiger partial charge in [-0.2, -0.15) is 0 Å². The molecule has 0 spiro atoms. The highest BCUT2D eigenvalue weighted by Crippen LogP contribution is 2.10. The first kappa shape index (κ1) is 12.8. The number of hydrogen-bond acceptors (Lipinski definition) is 4. The SMILES string of the molecule is CO[P+](C)=O.CO[P+](C)=O. The van der Waals surface area contributed by atoms with Crippen LogP contribution in [0.15, 0.2) is 0 Å². The van der Waals surface area contributed by atoms with Crippen molar-refractivity contribution in [3.63, 3.8) is 0 Å². The Bertz CT molecular complexity index is 99.8. The van der Waals surface area contributed by atoms with E-state index in [-0.39, 0.29) is 0 Å². The zero-order valence-corrected chi connectivity index (χ0v) is 8.32. The molecule has 10 heavy (non-hydrogen) atoms. The summed E-state index contributed by atoms with van der Waals surface area (Å²) in [6, 6.07) is 0. The Hall–Kier alpha value is 0.120. The number of rotatable bonds is 2. The summed E-state index contributed by atoms with van der Waals surface area (Å²) in [5, 5.41) is 0. The molecule has 2 unspecified atom stereocenters. The van der Waals surface area contributed by atoms with Gasteiger partial charge in [-0.25, -0.2) is 0 Å². The highest BCUT2D eigenvalue weighted by Gasteiger charge is 1.96. The quantitative estimate of drug-likeness (QED) is 0.619. The molecule has 0 rings (SSSR count). The van der Waals surface area contributed by atoms with Gasteiger partial charge in [-0.05, 0) is 9.13 Å². The van der Waals surface area contributed by atoms with Gasteiger partial charge in [0, 0.05) is 0 Å². The van der Waals surface area contributed by atoms with Crippen molar-refractivity contribution in [1.29, 1.82) is 0 Å². The molecule has 0 aromatic rings. The summed E-state index contributed by atoms with van der Waals surface area (Å²) >= 11 is 0. The van der Waals surface area contributed by atoms with Crippen LogP contribution in [0.3, 0.4) is 0 Å². The van der Waals surface area contributed by atoms with Crippen LogP contribution in [-0.2, 0) is 18.2 Å². The minimum Gasteiger partial charge on any atom is -0.150 e. The second-order valence-corrected chi connectivity index (χ2v) is 3.73. The summed E-state index contributed by atoms with van der Waals surface area (Å²) in [6.07, 6.45) is 0. The Morgan fingerprint density at radius 1 is 0.900 bits per heavy atom. The van der Waals surface area contributed by atoms with E-state index in [1.54, 1.807) is 0 Å². The van der Waals surface area contributed by atoms with Crippen LogP contribution in [-0.4, -0.2) is 27.5 Å². The monoisotopic (exact) mass is 186 g/mol. The van der Waals surface area contributed by atoms with Crippen molar-refractivity contribution >= 4 is 16.1 Å². The van der Waals surface area contributed by atoms with Crippen molar-refractivity contribution in [2.24, 2.45) is 0 Å². The standard InChI is InChI=1S/2C2H6O2P/c2*1-4-5(2)3/h2*1-2H3/q2*+1. The van der Waals surface area contributed by atoms with Gasteiger partial charge >= 0.3 is 16.1 Å². The third-order valence-electron chi connectivity index (χ3n) is 0.514. The summed E-state index contributed by atoms with van der Waals surface area (Å²) in [7, 11) is 0.134. The second kappa shape index (κ2) is 9.12. The summed E-state index contributed by atoms with van der Waals surface area (Å²) in [5.74, 6) is 0. The van der Waals surface area contributed by atoms with Crippen LogP contribution in [0, 0.1) is 0 Å². The van der Waals surface area contributed by atoms with Crippen molar-refractivity contribution in [3.05, 3.63) is 0 Å². The fourth-order valence-electron chi connectivity index (χ4n) is 0. The van der Waals surface area contributed by atoms with Crippen LogP contribution >= 0.6 is 16.1 Å². The molecule has 0 aromatic carbocycles. The van der Waals surface area contributed by atoms with Crippen molar-refractivity contribution in [3.8, 4) is 0 Å². The van der Waals surface area contributed by atoms with Gasteiger partial charge in [0.1, 0.15) is 0 Å². The molecule has 0 saturated heterocycles. The van der Waals surface area contributed by atoms with Crippen LogP contribution in [0.1, 0.15) is 0 Å². The second-order valence-electron chi connectivity index (χ2n) is 1.24. The molecule has 0 aliphatic carbocycles. The fourth-order valence-corrected chi connectivity index (χ4v) is 0. The molecule has 2 atom stereocenters. The third-order valence-corrected chi connectivity index (χ3v) is 1.54. The van der Waals surface area contributed by atoms with Gasteiger partial charge in [0.15, 0.2) is 13.3 Å². The molecular weight excluding hydrogens is 174 g/mol. The lowest BCUT2D eigenvalue weighted by Gasteiger charge is -1.58. The van der Waals surface area contributed by atoms with E-state index >= 15 is 0 Å². The van der Waals surface area contributed by atoms with Gasteiger partial charge in [-0.15, -0.1) is 9.05 Å². The van der Waals surface area contributed by atoms with Gasteiger partial charge in [-0.3, -0.25) is 0 Å². The van der Waals surface area contributed by atoms with Crippen molar-refractivity contribution in [1.82, 2.24) is 0 Å². The molecule has 60 valence electrons. The smallest absolute Gasteiger partial charge is 0.150 e. The van der Waals surface area contributed by atoms with Crippen molar-refractivity contribution < 1.29 is 18.2 Å². The van der Waals surface area contributed by atoms with Crippen molar-refractivity contribution in [2.45, 2.75) is 0 Å². The minimum absolute atomic E-state index is 1.35. The van der Waals surface area contributed by atoms with E-state index in [9.17, 15) is 9.13 Å². The molecule has 6 heteroatoms. The molecular formula is C4H12O4P2+2. The van der Waals surface area contributed by atoms with E-state index in [2.05, 4.69) is 9.05 Å². The molecule has 0 heterocycles. The summed E-state index contributed by atoms with van der Waals surface area (Å²) in [4.78, 5) is 0. The average molecular weight is 186 g/mol. The Balaban J connectivity index is 0. The van der Waals surface area contributed by atoms with Gasteiger partial charge in [0.25, 0.3) is 0 Å². The molecule has 0 radical (unpaired) electrons. The Morgan fingerprint density at radius 2 is 1.00 bits per heavy atom. The van der Waals surface area contributed by atoms with E-state index < -0.39 is 16.1 Å². The molecule has 0 aliphatic rings. The van der Waals surface area contributed by atoms with Crippen LogP contribution < -0.4 is 0 Å². The van der Waals surface area contributed by atoms with Crippen LogP contribution in [0.5, 0.6) is 0 Å². The molecule has 0 aliphatic heterocycles. The molecule has 0 aromatic heterocycles. The normalized spacial score (nSPS) is 11.2. The summed E-state index contributed by atoms with van der Waals surface area (Å²) in [6.45, 7) is 3.02. The lowest BCUT2D eigenvalue weighted by molar-refractivity contribution is 0.419. The highest BCUT2D eigenvalue weighted by atomic mass is 31.1. The maximum absolute atomic E-state index is 9.74. The highest BCUT2D eigenvalue weighted by molar-refractivity contribution is 7.38. The first-order chi connectivity index (χ1) is 4.54. The average Bonchev–Trinajstić information content (AvgIpc) is 1.89.